The lowest BCUT2D eigenvalue weighted by molar-refractivity contribution is 0.0697. The van der Waals surface area contributed by atoms with E-state index in [9.17, 15) is 13.2 Å². The van der Waals surface area contributed by atoms with E-state index in [2.05, 4.69) is 0 Å². The molecule has 1 aliphatic rings. The van der Waals surface area contributed by atoms with Crippen LogP contribution in [0, 0.1) is 0 Å². The molecule has 0 saturated heterocycles. The topological polar surface area (TPSA) is 74.7 Å². The summed E-state index contributed by atoms with van der Waals surface area (Å²) < 4.78 is 26.0. The first-order valence-corrected chi connectivity index (χ1v) is 7.66. The van der Waals surface area contributed by atoms with Gasteiger partial charge in [0.1, 0.15) is 0 Å². The third-order valence-electron chi connectivity index (χ3n) is 3.44. The van der Waals surface area contributed by atoms with Crippen LogP contribution in [-0.2, 0) is 10.0 Å². The highest BCUT2D eigenvalue weighted by molar-refractivity contribution is 7.89. The Kier molecular flexibility index (Phi) is 3.85. The van der Waals surface area contributed by atoms with Crippen LogP contribution in [0.5, 0.6) is 0 Å². The van der Waals surface area contributed by atoms with E-state index in [4.69, 9.17) is 16.7 Å². The molecular weight excluding hydrogens is 290 g/mol. The number of aromatic carboxylic acids is 1. The number of rotatable bonds is 4. The molecule has 19 heavy (non-hydrogen) atoms. The second kappa shape index (κ2) is 5.11. The first-order chi connectivity index (χ1) is 8.84. The Balaban J connectivity index is 2.35. The van der Waals surface area contributed by atoms with Gasteiger partial charge >= 0.3 is 5.97 Å². The van der Waals surface area contributed by atoms with Crippen molar-refractivity contribution in [3.05, 3.63) is 28.8 Å². The van der Waals surface area contributed by atoms with Crippen LogP contribution in [0.2, 0.25) is 5.02 Å². The van der Waals surface area contributed by atoms with E-state index in [1.807, 2.05) is 0 Å². The van der Waals surface area contributed by atoms with Crippen LogP contribution in [-0.4, -0.2) is 36.9 Å². The molecule has 1 aromatic carbocycles. The first-order valence-electron chi connectivity index (χ1n) is 5.85. The molecule has 0 bridgehead atoms. The maximum atomic E-state index is 12.3. The normalized spacial score (nSPS) is 16.4. The highest BCUT2D eigenvalue weighted by Crippen LogP contribution is 2.30. The Morgan fingerprint density at radius 1 is 1.42 bits per heavy atom. The van der Waals surface area contributed by atoms with Gasteiger partial charge in [-0.1, -0.05) is 18.0 Å². The Morgan fingerprint density at radius 3 is 2.47 bits per heavy atom. The van der Waals surface area contributed by atoms with Crippen LogP contribution in [0.25, 0.3) is 0 Å². The zero-order valence-electron chi connectivity index (χ0n) is 10.3. The monoisotopic (exact) mass is 303 g/mol. The molecule has 0 unspecified atom stereocenters. The van der Waals surface area contributed by atoms with E-state index in [1.165, 1.54) is 29.6 Å². The molecule has 0 atom stereocenters. The van der Waals surface area contributed by atoms with Crippen molar-refractivity contribution < 1.29 is 18.3 Å². The molecule has 0 aromatic heterocycles. The minimum atomic E-state index is -3.61. The summed E-state index contributed by atoms with van der Waals surface area (Å²) in [5.41, 5.74) is -0.105. The van der Waals surface area contributed by atoms with Crippen LogP contribution in [0.1, 0.15) is 29.6 Å². The lowest BCUT2D eigenvalue weighted by Gasteiger charge is -2.33. The van der Waals surface area contributed by atoms with Gasteiger partial charge in [0.15, 0.2) is 0 Å². The predicted octanol–water partition coefficient (Wildman–Crippen LogP) is 2.21. The van der Waals surface area contributed by atoms with E-state index in [0.29, 0.717) is 0 Å². The maximum absolute atomic E-state index is 12.3. The Hall–Kier alpha value is -1.11. The van der Waals surface area contributed by atoms with Gasteiger partial charge in [0.2, 0.25) is 10.0 Å². The number of carbonyl (C=O) groups is 1. The largest absolute Gasteiger partial charge is 0.478 e. The molecule has 1 N–H and O–H groups in total. The van der Waals surface area contributed by atoms with Crippen LogP contribution in [0.4, 0.5) is 0 Å². The van der Waals surface area contributed by atoms with Crippen LogP contribution in [0.3, 0.4) is 0 Å². The molecule has 1 saturated carbocycles. The molecule has 0 heterocycles. The van der Waals surface area contributed by atoms with Crippen LogP contribution in [0.15, 0.2) is 23.1 Å². The third kappa shape index (κ3) is 2.61. The van der Waals surface area contributed by atoms with Crippen molar-refractivity contribution in [1.29, 1.82) is 0 Å². The maximum Gasteiger partial charge on any atom is 0.337 e. The quantitative estimate of drug-likeness (QED) is 0.925. The number of benzene rings is 1. The fraction of sp³-hybridized carbons (Fsp3) is 0.417. The zero-order chi connectivity index (χ0) is 14.2. The molecule has 1 aliphatic carbocycles. The highest BCUT2D eigenvalue weighted by atomic mass is 35.5. The van der Waals surface area contributed by atoms with Gasteiger partial charge in [-0.05, 0) is 31.0 Å². The van der Waals surface area contributed by atoms with Gasteiger partial charge in [0, 0.05) is 13.1 Å². The number of carboxylic acids is 1. The summed E-state index contributed by atoms with van der Waals surface area (Å²) >= 11 is 5.80. The first kappa shape index (κ1) is 14.3. The number of sulfonamides is 1. The van der Waals surface area contributed by atoms with Crippen molar-refractivity contribution in [1.82, 2.24) is 4.31 Å². The molecule has 1 aromatic rings. The van der Waals surface area contributed by atoms with Crippen molar-refractivity contribution in [2.75, 3.05) is 7.05 Å². The molecule has 7 heteroatoms. The van der Waals surface area contributed by atoms with E-state index >= 15 is 0 Å². The fourth-order valence-corrected chi connectivity index (χ4v) is 3.71. The summed E-state index contributed by atoms with van der Waals surface area (Å²) in [7, 11) is -2.07. The van der Waals surface area contributed by atoms with E-state index in [-0.39, 0.29) is 21.5 Å². The average molecular weight is 304 g/mol. The smallest absolute Gasteiger partial charge is 0.337 e. The van der Waals surface area contributed by atoms with Crippen molar-refractivity contribution >= 4 is 27.6 Å². The minimum absolute atomic E-state index is 0.0249. The van der Waals surface area contributed by atoms with Crippen molar-refractivity contribution in [3.8, 4) is 0 Å². The van der Waals surface area contributed by atoms with Gasteiger partial charge in [0.25, 0.3) is 0 Å². The Labute approximate surface area is 116 Å². The van der Waals surface area contributed by atoms with Crippen molar-refractivity contribution in [2.45, 2.75) is 30.2 Å². The minimum Gasteiger partial charge on any atom is -0.478 e. The van der Waals surface area contributed by atoms with Crippen molar-refractivity contribution in [2.24, 2.45) is 0 Å². The van der Waals surface area contributed by atoms with E-state index < -0.39 is 16.0 Å². The molecule has 104 valence electrons. The van der Waals surface area contributed by atoms with Crippen LogP contribution >= 0.6 is 11.6 Å². The second-order valence-electron chi connectivity index (χ2n) is 4.55. The number of nitrogens with zero attached hydrogens (tertiary/aromatic N) is 1. The molecule has 0 radical (unpaired) electrons. The van der Waals surface area contributed by atoms with Gasteiger partial charge in [-0.15, -0.1) is 0 Å². The third-order valence-corrected chi connectivity index (χ3v) is 5.66. The number of carboxylic acid groups (broad SMARTS) is 1. The summed E-state index contributed by atoms with van der Waals surface area (Å²) in [5, 5.41) is 8.79. The molecular formula is C12H14ClNO4S. The molecule has 0 spiro atoms. The Bertz CT molecular complexity index is 610. The van der Waals surface area contributed by atoms with E-state index in [1.54, 1.807) is 0 Å². The van der Waals surface area contributed by atoms with Crippen LogP contribution < -0.4 is 0 Å². The van der Waals surface area contributed by atoms with Crippen molar-refractivity contribution in [3.63, 3.8) is 0 Å². The molecule has 0 aliphatic heterocycles. The number of hydrogen-bond acceptors (Lipinski definition) is 3. The van der Waals surface area contributed by atoms with Gasteiger partial charge in [-0.25, -0.2) is 13.2 Å². The molecule has 2 rings (SSSR count). The summed E-state index contributed by atoms with van der Waals surface area (Å²) in [6.07, 6.45) is 2.75. The van der Waals surface area contributed by atoms with Gasteiger partial charge in [-0.3, -0.25) is 0 Å². The fourth-order valence-electron chi connectivity index (χ4n) is 1.94. The summed E-state index contributed by atoms with van der Waals surface area (Å²) in [4.78, 5) is 10.9. The summed E-state index contributed by atoms with van der Waals surface area (Å²) in [6, 6.07) is 3.71. The number of halogens is 1. The van der Waals surface area contributed by atoms with Gasteiger partial charge in [-0.2, -0.15) is 4.31 Å². The van der Waals surface area contributed by atoms with E-state index in [0.717, 1.165) is 19.3 Å². The highest BCUT2D eigenvalue weighted by Gasteiger charge is 2.32. The lowest BCUT2D eigenvalue weighted by atomic mass is 9.94. The summed E-state index contributed by atoms with van der Waals surface area (Å²) in [6.45, 7) is 0. The predicted molar refractivity (Wildman–Crippen MR) is 71.0 cm³/mol. The molecule has 1 fully saturated rings. The Morgan fingerprint density at radius 2 is 2.05 bits per heavy atom. The second-order valence-corrected chi connectivity index (χ2v) is 6.96. The van der Waals surface area contributed by atoms with Gasteiger partial charge in [0.05, 0.1) is 15.5 Å². The molecule has 5 nitrogen and oxygen atoms in total. The standard InChI is InChI=1S/C12H14ClNO4S/c1-14(8-3-2-4-8)19(17,18)9-5-6-10(12(15)16)11(13)7-9/h5-8H,2-4H2,1H3,(H,15,16). The number of hydrogen-bond donors (Lipinski definition) is 1. The van der Waals surface area contributed by atoms with Gasteiger partial charge < -0.3 is 5.11 Å². The zero-order valence-corrected chi connectivity index (χ0v) is 11.9. The average Bonchev–Trinajstić information content (AvgIpc) is 2.25. The summed E-state index contributed by atoms with van der Waals surface area (Å²) in [5.74, 6) is -1.18. The lowest BCUT2D eigenvalue weighted by Crippen LogP contribution is -2.41. The molecule has 0 amide bonds. The SMILES string of the molecule is CN(C1CCC1)S(=O)(=O)c1ccc(C(=O)O)c(Cl)c1.